The van der Waals surface area contributed by atoms with Gasteiger partial charge in [-0.3, -0.25) is 19.2 Å². The van der Waals surface area contributed by atoms with Crippen LogP contribution in [0.1, 0.15) is 86.6 Å². The zero-order chi connectivity index (χ0) is 35.3. The molecular weight excluding hydrogens is 467 g/mol. The van der Waals surface area contributed by atoms with Gasteiger partial charge < -0.3 is 14.6 Å². The number of aliphatic hydroxyl groups is 1. The van der Waals surface area contributed by atoms with Crippen molar-refractivity contribution in [3.8, 4) is 0 Å². The lowest BCUT2D eigenvalue weighted by Crippen LogP contribution is -2.70. The number of ketones is 2. The Bertz CT molecular complexity index is 1410. The molecule has 0 aliphatic heterocycles. The Kier molecular flexibility index (Phi) is 4.07. The molecule has 198 valence electrons. The first kappa shape index (κ1) is 16.5. The van der Waals surface area contributed by atoms with Gasteiger partial charge in [0.2, 0.25) is 5.78 Å². The van der Waals surface area contributed by atoms with E-state index in [1.165, 1.54) is 32.1 Å². The van der Waals surface area contributed by atoms with Gasteiger partial charge in [-0.25, -0.2) is 4.39 Å². The Morgan fingerprint density at radius 3 is 2.61 bits per heavy atom. The van der Waals surface area contributed by atoms with Crippen molar-refractivity contribution in [3.05, 3.63) is 23.8 Å². The van der Waals surface area contributed by atoms with Crippen LogP contribution in [0.2, 0.25) is 0 Å². The first-order valence-electron chi connectivity index (χ1n) is 16.9. The van der Waals surface area contributed by atoms with Gasteiger partial charge in [0.25, 0.3) is 0 Å². The maximum Gasteiger partial charge on any atom is 0.306 e. The lowest BCUT2D eigenvalue weighted by Gasteiger charge is -2.62. The van der Waals surface area contributed by atoms with Gasteiger partial charge in [0.05, 0.1) is 6.10 Å². The van der Waals surface area contributed by atoms with Gasteiger partial charge in [0, 0.05) is 49.1 Å². The number of carbonyl (C=O) groups is 4. The molecule has 0 radical (unpaired) electrons. The smallest absolute Gasteiger partial charge is 0.306 e. The van der Waals surface area contributed by atoms with Crippen LogP contribution >= 0.6 is 0 Å². The molecule has 0 spiro atoms. The van der Waals surface area contributed by atoms with E-state index in [0.717, 1.165) is 0 Å². The lowest BCUT2D eigenvalue weighted by molar-refractivity contribution is -0.228. The highest BCUT2D eigenvalue weighted by molar-refractivity contribution is 6.01. The van der Waals surface area contributed by atoms with Crippen LogP contribution < -0.4 is 0 Å². The number of fused-ring (bicyclic) bond motifs is 5. The summed E-state index contributed by atoms with van der Waals surface area (Å²) in [5, 5.41) is 11.6. The molecule has 8 heteroatoms. The Morgan fingerprint density at radius 2 is 1.92 bits per heavy atom. The van der Waals surface area contributed by atoms with Gasteiger partial charge in [-0.2, -0.15) is 0 Å². The monoisotopic (exact) mass is 514 g/mol. The minimum atomic E-state index is -3.64. The summed E-state index contributed by atoms with van der Waals surface area (Å²) in [6.07, 6.45) is -5.36. The third-order valence-corrected chi connectivity index (χ3v) is 9.39. The molecule has 0 bridgehead atoms. The number of ether oxygens (including phenoxy) is 2. The number of Topliss-reactive ketones (excluding diaryl/α,β-unsaturated/α-hetero) is 1. The molecule has 1 N–H and O–H groups in total. The highest BCUT2D eigenvalue weighted by Gasteiger charge is 2.77. The van der Waals surface area contributed by atoms with Crippen molar-refractivity contribution in [3.63, 3.8) is 0 Å². The summed E-state index contributed by atoms with van der Waals surface area (Å²) in [6.45, 7) is -4.00. The van der Waals surface area contributed by atoms with E-state index in [1.54, 1.807) is 6.92 Å². The van der Waals surface area contributed by atoms with E-state index < -0.39 is 103 Å². The van der Waals surface area contributed by atoms with Crippen LogP contribution in [0, 0.1) is 28.6 Å². The standard InChI is InChI=1S/C28H37FO7/c1-6-23(33)35-15-22(32)28(36-24(34)7-2)16(3)12-20-19-9-8-17-13-18(30)10-11-25(17,4)27(19,29)21(31)14-26(20,28)5/h10-11,13,16,19-21,31H,6-9,12,14-15H2,1-5H3/t16-,19-,20-,21-,25-,26-,27-,28-/m0/s1/i1D3,2D3,6D2,7D2. The van der Waals surface area contributed by atoms with Crippen molar-refractivity contribution in [2.24, 2.45) is 28.6 Å². The Hall–Kier alpha value is -2.35. The van der Waals surface area contributed by atoms with Crippen molar-refractivity contribution < 1.29 is 51.9 Å². The Labute approximate surface area is 225 Å². The molecule has 4 aliphatic rings. The largest absolute Gasteiger partial charge is 0.457 e. The maximum absolute atomic E-state index is 17.6. The van der Waals surface area contributed by atoms with Crippen molar-refractivity contribution in [2.75, 3.05) is 6.61 Å². The van der Waals surface area contributed by atoms with Crippen LogP contribution in [0.3, 0.4) is 0 Å². The van der Waals surface area contributed by atoms with Gasteiger partial charge in [-0.1, -0.05) is 39.2 Å². The normalized spacial score (nSPS) is 48.7. The summed E-state index contributed by atoms with van der Waals surface area (Å²) in [4.78, 5) is 52.1. The van der Waals surface area contributed by atoms with Crippen LogP contribution in [0.15, 0.2) is 23.8 Å². The number of alkyl halides is 1. The van der Waals surface area contributed by atoms with Crippen LogP contribution in [0.4, 0.5) is 4.39 Å². The van der Waals surface area contributed by atoms with E-state index in [1.807, 2.05) is 0 Å². The van der Waals surface area contributed by atoms with Gasteiger partial charge in [0.1, 0.15) is 0 Å². The fourth-order valence-corrected chi connectivity index (χ4v) is 7.84. The number of hydrogen-bond donors (Lipinski definition) is 1. The predicted octanol–water partition coefficient (Wildman–Crippen LogP) is 3.82. The maximum atomic E-state index is 17.6. The fourth-order valence-electron chi connectivity index (χ4n) is 7.84. The van der Waals surface area contributed by atoms with E-state index in [4.69, 9.17) is 23.2 Å². The van der Waals surface area contributed by atoms with Crippen LogP contribution in [0.5, 0.6) is 0 Å². The molecule has 0 amide bonds. The molecular formula is C28H37FO7. The first-order valence-corrected chi connectivity index (χ1v) is 11.9. The number of esters is 2. The highest BCUT2D eigenvalue weighted by atomic mass is 19.1. The van der Waals surface area contributed by atoms with E-state index in [9.17, 15) is 24.3 Å². The van der Waals surface area contributed by atoms with Crippen LogP contribution in [-0.4, -0.2) is 52.6 Å². The molecule has 0 aromatic heterocycles. The molecule has 0 unspecified atom stereocenters. The van der Waals surface area contributed by atoms with Gasteiger partial charge in [-0.05, 0) is 50.7 Å². The number of allylic oxidation sites excluding steroid dienone is 4. The second-order valence-corrected chi connectivity index (χ2v) is 10.8. The molecule has 0 saturated heterocycles. The van der Waals surface area contributed by atoms with Crippen molar-refractivity contribution >= 4 is 23.5 Å². The minimum Gasteiger partial charge on any atom is -0.457 e. The summed E-state index contributed by atoms with van der Waals surface area (Å²) >= 11 is 0. The molecule has 7 nitrogen and oxygen atoms in total. The fraction of sp³-hybridized carbons (Fsp3) is 0.714. The van der Waals surface area contributed by atoms with Gasteiger partial charge >= 0.3 is 11.9 Å². The number of carbonyl (C=O) groups excluding carboxylic acids is 4. The molecule has 4 rings (SSSR count). The molecule has 3 saturated carbocycles. The molecule has 4 aliphatic carbocycles. The summed E-state index contributed by atoms with van der Waals surface area (Å²) in [5.41, 5.74) is -7.57. The summed E-state index contributed by atoms with van der Waals surface area (Å²) in [7, 11) is 0. The Balaban J connectivity index is 1.82. The molecule has 0 heterocycles. The van der Waals surface area contributed by atoms with E-state index in [2.05, 4.69) is 0 Å². The minimum absolute atomic E-state index is 0.0445. The van der Waals surface area contributed by atoms with E-state index >= 15 is 4.39 Å². The van der Waals surface area contributed by atoms with Crippen LogP contribution in [-0.2, 0) is 28.7 Å². The average Bonchev–Trinajstić information content (AvgIpc) is 3.13. The predicted molar refractivity (Wildman–Crippen MR) is 128 cm³/mol. The quantitative estimate of drug-likeness (QED) is 0.537. The Morgan fingerprint density at radius 1 is 1.22 bits per heavy atom. The lowest BCUT2D eigenvalue weighted by atomic mass is 9.44. The highest BCUT2D eigenvalue weighted by Crippen LogP contribution is 2.71. The summed E-state index contributed by atoms with van der Waals surface area (Å²) in [6, 6.07) is 0. The first-order chi connectivity index (χ1) is 20.7. The summed E-state index contributed by atoms with van der Waals surface area (Å²) in [5.74, 6) is -8.46. The number of rotatable bonds is 6. The number of halogens is 1. The molecule has 0 aromatic carbocycles. The van der Waals surface area contributed by atoms with Crippen molar-refractivity contribution in [1.82, 2.24) is 0 Å². The zero-order valence-electron chi connectivity index (χ0n) is 30.4. The van der Waals surface area contributed by atoms with Gasteiger partial charge in [0.15, 0.2) is 23.7 Å². The van der Waals surface area contributed by atoms with Crippen LogP contribution in [0.25, 0.3) is 0 Å². The third kappa shape index (κ3) is 3.39. The van der Waals surface area contributed by atoms with E-state index in [-0.39, 0.29) is 25.0 Å². The van der Waals surface area contributed by atoms with Crippen molar-refractivity contribution in [1.29, 1.82) is 0 Å². The van der Waals surface area contributed by atoms with Gasteiger partial charge in [-0.15, -0.1) is 0 Å². The second-order valence-electron chi connectivity index (χ2n) is 10.8. The van der Waals surface area contributed by atoms with E-state index in [0.29, 0.717) is 5.57 Å². The average molecular weight is 515 g/mol. The molecule has 8 atom stereocenters. The third-order valence-electron chi connectivity index (χ3n) is 9.39. The SMILES string of the molecule is [2H]C([2H])([2H])C([2H])([2H])C(=O)OCC(=O)[C@@]1(OC(=O)C([2H])([2H])C([2H])([2H])[2H])[C@@H](C)C[C@H]2[C@@H]3CCC4=CC(=O)C=C[C@]4(C)[C@@]3(F)[C@@H](O)C[C@@]21C. The summed E-state index contributed by atoms with van der Waals surface area (Å²) < 4.78 is 104. The molecule has 0 aromatic rings. The van der Waals surface area contributed by atoms with Crippen molar-refractivity contribution in [2.45, 2.75) is 90.3 Å². The second kappa shape index (κ2) is 8.89. The zero-order valence-corrected chi connectivity index (χ0v) is 20.4. The number of hydrogen-bond acceptors (Lipinski definition) is 7. The molecule has 36 heavy (non-hydrogen) atoms. The number of aliphatic hydroxyl groups excluding tert-OH is 1. The molecule has 3 fully saturated rings. The topological polar surface area (TPSA) is 107 Å².